The number of carbonyl (C=O) groups is 2. The van der Waals surface area contributed by atoms with Crippen molar-refractivity contribution in [2.45, 2.75) is 25.1 Å². The van der Waals surface area contributed by atoms with Crippen molar-refractivity contribution in [3.63, 3.8) is 0 Å². The van der Waals surface area contributed by atoms with E-state index in [2.05, 4.69) is 9.47 Å². The average molecular weight is 352 g/mol. The molecule has 0 radical (unpaired) electrons. The molecule has 0 atom stereocenters. The Balaban J connectivity index is 3.30. The number of aryl methyl sites for hydroxylation is 1. The highest BCUT2D eigenvalue weighted by Gasteiger charge is 2.22. The smallest absolute Gasteiger partial charge is 0.310 e. The number of nitrogens with zero attached hydrogens (tertiary/aromatic N) is 1. The Bertz CT molecular complexity index is 664. The normalized spacial score (nSPS) is 11.3. The average Bonchev–Trinajstić information content (AvgIpc) is 2.82. The van der Waals surface area contributed by atoms with Gasteiger partial charge in [-0.3, -0.25) is 9.59 Å². The molecule has 0 spiro atoms. The monoisotopic (exact) mass is 351 g/mol. The second kappa shape index (κ2) is 7.64. The highest BCUT2D eigenvalue weighted by atomic mass is 35.5. The molecule has 124 valence electrons. The van der Waals surface area contributed by atoms with Crippen molar-refractivity contribution in [2.75, 3.05) is 20.5 Å². The second-order valence-electron chi connectivity index (χ2n) is 4.60. The zero-order chi connectivity index (χ0) is 16.9. The lowest BCUT2D eigenvalue weighted by Crippen LogP contribution is -2.13. The maximum atomic E-state index is 11.8. The molecule has 0 aromatic carbocycles. The molecule has 0 aliphatic rings. The minimum absolute atomic E-state index is 0.0696. The molecule has 0 fully saturated rings. The maximum absolute atomic E-state index is 11.8. The van der Waals surface area contributed by atoms with Gasteiger partial charge >= 0.3 is 11.9 Å². The molecular weight excluding hydrogens is 334 g/mol. The van der Waals surface area contributed by atoms with Crippen LogP contribution in [0.3, 0.4) is 0 Å². The van der Waals surface area contributed by atoms with E-state index in [0.29, 0.717) is 16.8 Å². The number of ether oxygens (including phenoxy) is 2. The number of esters is 2. The van der Waals surface area contributed by atoms with Crippen molar-refractivity contribution in [3.8, 4) is 0 Å². The van der Waals surface area contributed by atoms with Crippen LogP contribution in [0.2, 0.25) is 0 Å². The van der Waals surface area contributed by atoms with Gasteiger partial charge in [0.1, 0.15) is 0 Å². The molecular formula is C13H18ClNO6S. The number of aromatic nitrogens is 1. The van der Waals surface area contributed by atoms with Gasteiger partial charge in [0.25, 0.3) is 0 Å². The number of alkyl halides is 1. The van der Waals surface area contributed by atoms with E-state index >= 15 is 0 Å². The van der Waals surface area contributed by atoms with Crippen molar-refractivity contribution in [2.24, 2.45) is 0 Å². The predicted molar refractivity (Wildman–Crippen MR) is 80.3 cm³/mol. The molecule has 22 heavy (non-hydrogen) atoms. The van der Waals surface area contributed by atoms with Gasteiger partial charge in [-0.15, -0.1) is 11.6 Å². The molecule has 0 N–H and O–H groups in total. The van der Waals surface area contributed by atoms with Crippen LogP contribution < -0.4 is 0 Å². The Morgan fingerprint density at radius 1 is 1.23 bits per heavy atom. The first-order valence-corrected chi connectivity index (χ1v) is 8.75. The van der Waals surface area contributed by atoms with Gasteiger partial charge in [-0.05, 0) is 17.5 Å². The standard InChI is InChI=1S/C13H18ClNO6S/c1-20-12(16)5-4-9-8-15(22(3,18)19)11(7-14)10(9)6-13(17)21-2/h8H,4-7H2,1-3H3. The summed E-state index contributed by atoms with van der Waals surface area (Å²) in [5.41, 5.74) is 1.32. The molecule has 1 heterocycles. The Hall–Kier alpha value is -1.54. The molecule has 0 saturated carbocycles. The first-order chi connectivity index (χ1) is 10.2. The van der Waals surface area contributed by atoms with E-state index in [0.717, 1.165) is 10.2 Å². The Morgan fingerprint density at radius 3 is 2.27 bits per heavy atom. The molecule has 0 unspecified atom stereocenters. The molecule has 0 amide bonds. The largest absolute Gasteiger partial charge is 0.469 e. The van der Waals surface area contributed by atoms with E-state index in [-0.39, 0.29) is 25.1 Å². The summed E-state index contributed by atoms with van der Waals surface area (Å²) in [6.07, 6.45) is 2.62. The van der Waals surface area contributed by atoms with Crippen LogP contribution in [-0.4, -0.2) is 44.8 Å². The van der Waals surface area contributed by atoms with E-state index in [9.17, 15) is 18.0 Å². The summed E-state index contributed by atoms with van der Waals surface area (Å²) in [6.45, 7) is 0. The fourth-order valence-electron chi connectivity index (χ4n) is 2.04. The zero-order valence-electron chi connectivity index (χ0n) is 12.6. The molecule has 0 bridgehead atoms. The van der Waals surface area contributed by atoms with Crippen LogP contribution in [0, 0.1) is 0 Å². The molecule has 0 saturated heterocycles. The number of hydrogen-bond donors (Lipinski definition) is 0. The van der Waals surface area contributed by atoms with Gasteiger partial charge in [-0.1, -0.05) is 0 Å². The Labute approximate surface area is 134 Å². The maximum Gasteiger partial charge on any atom is 0.310 e. The van der Waals surface area contributed by atoms with Crippen molar-refractivity contribution in [1.82, 2.24) is 3.97 Å². The lowest BCUT2D eigenvalue weighted by molar-refractivity contribution is -0.140. The van der Waals surface area contributed by atoms with E-state index in [1.54, 1.807) is 0 Å². The van der Waals surface area contributed by atoms with Crippen molar-refractivity contribution < 1.29 is 27.5 Å². The number of methoxy groups -OCH3 is 2. The molecule has 0 aliphatic heterocycles. The van der Waals surface area contributed by atoms with Crippen LogP contribution in [0.5, 0.6) is 0 Å². The third-order valence-corrected chi connectivity index (χ3v) is 4.43. The fraction of sp³-hybridized carbons (Fsp3) is 0.538. The lowest BCUT2D eigenvalue weighted by Gasteiger charge is -2.07. The van der Waals surface area contributed by atoms with Gasteiger partial charge in [-0.25, -0.2) is 12.4 Å². The minimum atomic E-state index is -3.57. The van der Waals surface area contributed by atoms with Crippen LogP contribution in [0.1, 0.15) is 23.2 Å². The van der Waals surface area contributed by atoms with Crippen molar-refractivity contribution >= 4 is 33.6 Å². The van der Waals surface area contributed by atoms with Gasteiger partial charge in [0.2, 0.25) is 10.0 Å². The van der Waals surface area contributed by atoms with Crippen LogP contribution in [0.25, 0.3) is 0 Å². The van der Waals surface area contributed by atoms with Gasteiger partial charge in [0, 0.05) is 12.6 Å². The summed E-state index contributed by atoms with van der Waals surface area (Å²) in [4.78, 5) is 22.8. The molecule has 1 aromatic rings. The van der Waals surface area contributed by atoms with Gasteiger partial charge in [-0.2, -0.15) is 0 Å². The lowest BCUT2D eigenvalue weighted by atomic mass is 10.0. The number of rotatable bonds is 7. The number of halogens is 1. The van der Waals surface area contributed by atoms with Crippen LogP contribution in [0.15, 0.2) is 6.20 Å². The zero-order valence-corrected chi connectivity index (χ0v) is 14.2. The third-order valence-electron chi connectivity index (χ3n) is 3.13. The summed E-state index contributed by atoms with van der Waals surface area (Å²) in [5.74, 6) is -1.03. The van der Waals surface area contributed by atoms with Gasteiger partial charge in [0.15, 0.2) is 0 Å². The Morgan fingerprint density at radius 2 is 1.82 bits per heavy atom. The highest BCUT2D eigenvalue weighted by Crippen LogP contribution is 2.24. The minimum Gasteiger partial charge on any atom is -0.469 e. The summed E-state index contributed by atoms with van der Waals surface area (Å²) < 4.78 is 33.9. The van der Waals surface area contributed by atoms with Crippen LogP contribution in [-0.2, 0) is 47.8 Å². The van der Waals surface area contributed by atoms with Gasteiger partial charge in [0.05, 0.1) is 38.5 Å². The Kier molecular flexibility index (Phi) is 6.43. The molecule has 1 rings (SSSR count). The number of hydrogen-bond acceptors (Lipinski definition) is 6. The quantitative estimate of drug-likeness (QED) is 0.534. The third kappa shape index (κ3) is 4.48. The van der Waals surface area contributed by atoms with Crippen LogP contribution in [0.4, 0.5) is 0 Å². The van der Waals surface area contributed by atoms with Crippen LogP contribution >= 0.6 is 11.6 Å². The molecule has 7 nitrogen and oxygen atoms in total. The SMILES string of the molecule is COC(=O)CCc1cn(S(C)(=O)=O)c(CCl)c1CC(=O)OC. The number of carbonyl (C=O) groups excluding carboxylic acids is 2. The van der Waals surface area contributed by atoms with Crippen molar-refractivity contribution in [1.29, 1.82) is 0 Å². The first kappa shape index (κ1) is 18.5. The second-order valence-corrected chi connectivity index (χ2v) is 6.73. The molecule has 0 aliphatic carbocycles. The summed E-state index contributed by atoms with van der Waals surface area (Å²) in [7, 11) is -1.06. The highest BCUT2D eigenvalue weighted by molar-refractivity contribution is 7.89. The van der Waals surface area contributed by atoms with E-state index in [1.807, 2.05) is 0 Å². The summed E-state index contributed by atoms with van der Waals surface area (Å²) in [5, 5.41) is 0. The summed E-state index contributed by atoms with van der Waals surface area (Å²) >= 11 is 5.84. The topological polar surface area (TPSA) is 91.7 Å². The van der Waals surface area contributed by atoms with E-state index in [4.69, 9.17) is 11.6 Å². The van der Waals surface area contributed by atoms with Crippen molar-refractivity contribution in [3.05, 3.63) is 23.0 Å². The summed E-state index contributed by atoms with van der Waals surface area (Å²) in [6, 6.07) is 0. The fourth-order valence-corrected chi connectivity index (χ4v) is 3.29. The predicted octanol–water partition coefficient (Wildman–Crippen LogP) is 0.856. The first-order valence-electron chi connectivity index (χ1n) is 6.36. The van der Waals surface area contributed by atoms with E-state index in [1.165, 1.54) is 20.4 Å². The molecule has 9 heteroatoms. The van der Waals surface area contributed by atoms with Gasteiger partial charge < -0.3 is 9.47 Å². The van der Waals surface area contributed by atoms with E-state index < -0.39 is 22.0 Å². The molecule has 1 aromatic heterocycles.